The van der Waals surface area contributed by atoms with Crippen molar-refractivity contribution in [3.63, 3.8) is 0 Å². The molecule has 4 saturated carbocycles. The second-order valence-electron chi connectivity index (χ2n) is 10.4. The Labute approximate surface area is 200 Å². The monoisotopic (exact) mass is 477 g/mol. The van der Waals surface area contributed by atoms with Crippen LogP contribution in [0, 0.1) is 23.6 Å². The molecule has 5 fully saturated rings. The van der Waals surface area contributed by atoms with Crippen molar-refractivity contribution >= 4 is 40.1 Å². The number of benzene rings is 1. The molecular weight excluding hydrogens is 445 g/mol. The van der Waals surface area contributed by atoms with Gasteiger partial charge in [0.05, 0.1) is 11.2 Å². The molecule has 4 aliphatic carbocycles. The zero-order chi connectivity index (χ0) is 22.5. The first kappa shape index (κ1) is 22.5. The molecule has 1 aromatic rings. The summed E-state index contributed by atoms with van der Waals surface area (Å²) in [5.74, 6) is 2.62. The maximum atomic E-state index is 14.8. The standard InChI is InChI=1S/C25H33ClFN3OS/c1-3-4-7-29-23(30(16(2)31)22-11-20(26)5-6-21(22)27)15-32-24(29)28-25-12-17-8-18(13-25)10-19(9-17)14-25/h5-6,11,17-19,23H,3-4,7-10,12-15H2,1-2H3. The molecule has 0 N–H and O–H groups in total. The number of unbranched alkanes of at least 4 members (excludes halogenated alkanes) is 1. The van der Waals surface area contributed by atoms with Gasteiger partial charge in [-0.05, 0) is 80.9 Å². The first-order valence-electron chi connectivity index (χ1n) is 12.1. The number of amidine groups is 1. The molecule has 4 bridgehead atoms. The average Bonchev–Trinajstić information content (AvgIpc) is 3.09. The number of aliphatic imine (C=N–C) groups is 1. The Bertz CT molecular complexity index is 887. The molecule has 1 amide bonds. The molecule has 1 saturated heterocycles. The van der Waals surface area contributed by atoms with E-state index < -0.39 is 5.82 Å². The van der Waals surface area contributed by atoms with E-state index >= 15 is 0 Å². The highest BCUT2D eigenvalue weighted by Crippen LogP contribution is 2.57. The zero-order valence-corrected chi connectivity index (χ0v) is 20.6. The van der Waals surface area contributed by atoms with Gasteiger partial charge in [-0.3, -0.25) is 14.7 Å². The summed E-state index contributed by atoms with van der Waals surface area (Å²) in [5, 5.41) is 1.49. The Morgan fingerprint density at radius 1 is 1.25 bits per heavy atom. The molecule has 7 heteroatoms. The fourth-order valence-electron chi connectivity index (χ4n) is 6.95. The predicted molar refractivity (Wildman–Crippen MR) is 131 cm³/mol. The SMILES string of the molecule is CCCCN1C(=NC23CC4CC(CC(C4)C2)C3)SCC1N(C(C)=O)c1cc(Cl)ccc1F. The molecule has 0 spiro atoms. The molecule has 0 radical (unpaired) electrons. The number of carbonyl (C=O) groups excluding carboxylic acids is 1. The number of halogens is 2. The summed E-state index contributed by atoms with van der Waals surface area (Å²) in [5.41, 5.74) is 0.340. The van der Waals surface area contributed by atoms with Crippen LogP contribution < -0.4 is 4.90 Å². The third-order valence-electron chi connectivity index (χ3n) is 7.86. The Kier molecular flexibility index (Phi) is 6.21. The van der Waals surface area contributed by atoms with Gasteiger partial charge in [0.2, 0.25) is 5.91 Å². The summed E-state index contributed by atoms with van der Waals surface area (Å²) in [6.45, 7) is 4.51. The molecule has 1 aliphatic heterocycles. The highest BCUT2D eigenvalue weighted by Gasteiger charge is 2.52. The van der Waals surface area contributed by atoms with Crippen LogP contribution in [-0.2, 0) is 4.79 Å². The van der Waals surface area contributed by atoms with Crippen molar-refractivity contribution in [3.8, 4) is 0 Å². The van der Waals surface area contributed by atoms with Crippen molar-refractivity contribution < 1.29 is 9.18 Å². The van der Waals surface area contributed by atoms with E-state index in [-0.39, 0.29) is 23.3 Å². The van der Waals surface area contributed by atoms with Crippen molar-refractivity contribution in [3.05, 3.63) is 29.0 Å². The molecule has 6 rings (SSSR count). The molecular formula is C25H33ClFN3OS. The number of nitrogens with zero attached hydrogens (tertiary/aromatic N) is 3. The van der Waals surface area contributed by atoms with Gasteiger partial charge in [-0.1, -0.05) is 36.7 Å². The van der Waals surface area contributed by atoms with Crippen molar-refractivity contribution in [2.24, 2.45) is 22.7 Å². The second-order valence-corrected chi connectivity index (χ2v) is 11.8. The third-order valence-corrected chi connectivity index (χ3v) is 9.15. The van der Waals surface area contributed by atoms with Crippen LogP contribution in [0.1, 0.15) is 65.2 Å². The van der Waals surface area contributed by atoms with Crippen molar-refractivity contribution in [1.29, 1.82) is 0 Å². The van der Waals surface area contributed by atoms with E-state index in [2.05, 4.69) is 11.8 Å². The minimum atomic E-state index is -0.420. The summed E-state index contributed by atoms with van der Waals surface area (Å²) < 4.78 is 14.8. The fourth-order valence-corrected chi connectivity index (χ4v) is 8.38. The predicted octanol–water partition coefficient (Wildman–Crippen LogP) is 6.33. The Hall–Kier alpha value is -1.27. The molecule has 0 aromatic heterocycles. The van der Waals surface area contributed by atoms with Gasteiger partial charge in [-0.15, -0.1) is 0 Å². The van der Waals surface area contributed by atoms with Crippen LogP contribution in [0.2, 0.25) is 5.02 Å². The molecule has 5 aliphatic rings. The van der Waals surface area contributed by atoms with E-state index in [1.807, 2.05) is 0 Å². The van der Waals surface area contributed by atoms with Gasteiger partial charge in [0.1, 0.15) is 12.0 Å². The first-order chi connectivity index (χ1) is 15.4. The van der Waals surface area contributed by atoms with Crippen LogP contribution >= 0.6 is 23.4 Å². The van der Waals surface area contributed by atoms with Gasteiger partial charge in [-0.25, -0.2) is 4.39 Å². The number of carbonyl (C=O) groups is 1. The van der Waals surface area contributed by atoms with Crippen LogP contribution in [0.4, 0.5) is 10.1 Å². The second kappa shape index (κ2) is 8.83. The number of amides is 1. The van der Waals surface area contributed by atoms with E-state index in [1.54, 1.807) is 22.7 Å². The van der Waals surface area contributed by atoms with Gasteiger partial charge < -0.3 is 4.90 Å². The Balaban J connectivity index is 1.48. The van der Waals surface area contributed by atoms with Crippen LogP contribution in [0.15, 0.2) is 23.2 Å². The molecule has 1 heterocycles. The lowest BCUT2D eigenvalue weighted by Gasteiger charge is -2.55. The molecule has 32 heavy (non-hydrogen) atoms. The maximum Gasteiger partial charge on any atom is 0.225 e. The van der Waals surface area contributed by atoms with Gasteiger partial charge >= 0.3 is 0 Å². The van der Waals surface area contributed by atoms with Crippen molar-refractivity contribution in [2.45, 2.75) is 76.9 Å². The summed E-state index contributed by atoms with van der Waals surface area (Å²) in [6, 6.07) is 4.43. The molecule has 174 valence electrons. The minimum absolute atomic E-state index is 0.0821. The quantitative estimate of drug-likeness (QED) is 0.480. The number of thioether (sulfide) groups is 1. The zero-order valence-electron chi connectivity index (χ0n) is 19.0. The van der Waals surface area contributed by atoms with Crippen LogP contribution in [-0.4, -0.2) is 40.0 Å². The third kappa shape index (κ3) is 4.18. The molecule has 1 aromatic carbocycles. The summed E-state index contributed by atoms with van der Waals surface area (Å²) >= 11 is 7.91. The van der Waals surface area contributed by atoms with Crippen molar-refractivity contribution in [1.82, 2.24) is 4.90 Å². The first-order valence-corrected chi connectivity index (χ1v) is 13.5. The topological polar surface area (TPSA) is 35.9 Å². The number of hydrogen-bond donors (Lipinski definition) is 0. The molecule has 4 nitrogen and oxygen atoms in total. The smallest absolute Gasteiger partial charge is 0.225 e. The fraction of sp³-hybridized carbons (Fsp3) is 0.680. The lowest BCUT2D eigenvalue weighted by molar-refractivity contribution is -0.117. The Morgan fingerprint density at radius 3 is 2.50 bits per heavy atom. The van der Waals surface area contributed by atoms with E-state index in [1.165, 1.54) is 57.6 Å². The number of rotatable bonds is 6. The van der Waals surface area contributed by atoms with Crippen LogP contribution in [0.3, 0.4) is 0 Å². The van der Waals surface area contributed by atoms with E-state index in [4.69, 9.17) is 16.6 Å². The van der Waals surface area contributed by atoms with Gasteiger partial charge in [0.15, 0.2) is 5.17 Å². The summed E-state index contributed by atoms with van der Waals surface area (Å²) in [6.07, 6.45) is 9.66. The largest absolute Gasteiger partial charge is 0.330 e. The van der Waals surface area contributed by atoms with Crippen LogP contribution in [0.25, 0.3) is 0 Å². The van der Waals surface area contributed by atoms with E-state index in [0.717, 1.165) is 42.3 Å². The van der Waals surface area contributed by atoms with Gasteiger partial charge in [0, 0.05) is 24.2 Å². The number of hydrogen-bond acceptors (Lipinski definition) is 3. The highest BCUT2D eigenvalue weighted by molar-refractivity contribution is 8.14. The van der Waals surface area contributed by atoms with Gasteiger partial charge in [-0.2, -0.15) is 0 Å². The lowest BCUT2D eigenvalue weighted by atomic mass is 9.53. The maximum absolute atomic E-state index is 14.8. The molecule has 1 unspecified atom stereocenters. The van der Waals surface area contributed by atoms with E-state index in [9.17, 15) is 9.18 Å². The van der Waals surface area contributed by atoms with E-state index in [0.29, 0.717) is 10.8 Å². The Morgan fingerprint density at radius 2 is 1.91 bits per heavy atom. The summed E-state index contributed by atoms with van der Waals surface area (Å²) in [4.78, 5) is 22.1. The van der Waals surface area contributed by atoms with Crippen molar-refractivity contribution in [2.75, 3.05) is 17.2 Å². The van der Waals surface area contributed by atoms with Gasteiger partial charge in [0.25, 0.3) is 0 Å². The highest BCUT2D eigenvalue weighted by atomic mass is 35.5. The average molecular weight is 478 g/mol. The minimum Gasteiger partial charge on any atom is -0.330 e. The normalized spacial score (nSPS) is 34.5. The lowest BCUT2D eigenvalue weighted by Crippen LogP contribution is -2.52. The molecule has 1 atom stereocenters. The van der Waals surface area contributed by atoms with Crippen LogP contribution in [0.5, 0.6) is 0 Å². The number of anilines is 1. The summed E-state index contributed by atoms with van der Waals surface area (Å²) in [7, 11) is 0.